The standard InChI is InChI=1S/C38H60O11/c1-11-15-26(40)46-25-20-37(9)24(19-22(7)33(45-23(8)39)32(44)35(37)48-28(42)17-13-3)31-30(21(5)6)34(47-27(41)16-12-2)36(38(25,31)10)49-29(43)18-14-4/h19,21,24-25,30-36,44H,11-18,20H2,1-10H3/t24-,25-,30+,31+,32-,33-,34+,35+,36-,37+,38-/m0/s1. The molecule has 0 unspecified atom stereocenters. The van der Waals surface area contributed by atoms with Gasteiger partial charge in [0.15, 0.2) is 6.10 Å². The van der Waals surface area contributed by atoms with E-state index in [4.69, 9.17) is 23.7 Å². The van der Waals surface area contributed by atoms with Crippen molar-refractivity contribution in [2.75, 3.05) is 0 Å². The predicted molar refractivity (Wildman–Crippen MR) is 181 cm³/mol. The van der Waals surface area contributed by atoms with Gasteiger partial charge in [0.05, 0.1) is 0 Å². The summed E-state index contributed by atoms with van der Waals surface area (Å²) in [6, 6.07) is 0. The first-order valence-electron chi connectivity index (χ1n) is 18.3. The topological polar surface area (TPSA) is 152 Å². The van der Waals surface area contributed by atoms with Gasteiger partial charge in [0, 0.05) is 49.4 Å². The van der Waals surface area contributed by atoms with Gasteiger partial charge in [-0.15, -0.1) is 0 Å². The smallest absolute Gasteiger partial charge is 0.306 e. The van der Waals surface area contributed by atoms with E-state index in [-0.39, 0.29) is 38.0 Å². The van der Waals surface area contributed by atoms with E-state index in [0.717, 1.165) is 0 Å². The number of carbonyl (C=O) groups is 5. The van der Waals surface area contributed by atoms with Gasteiger partial charge in [-0.2, -0.15) is 0 Å². The number of hydrogen-bond acceptors (Lipinski definition) is 11. The highest BCUT2D eigenvalue weighted by Gasteiger charge is 2.74. The molecule has 0 radical (unpaired) electrons. The van der Waals surface area contributed by atoms with E-state index in [1.54, 1.807) is 6.92 Å². The fourth-order valence-corrected chi connectivity index (χ4v) is 8.84. The second-order valence-electron chi connectivity index (χ2n) is 15.1. The minimum Gasteiger partial charge on any atom is -0.462 e. The van der Waals surface area contributed by atoms with Crippen molar-refractivity contribution < 1.29 is 52.8 Å². The van der Waals surface area contributed by atoms with Gasteiger partial charge in [-0.3, -0.25) is 24.0 Å². The molecule has 1 N–H and O–H groups in total. The number of allylic oxidation sites excluding steroid dienone is 1. The molecule has 0 bridgehead atoms. The predicted octanol–water partition coefficient (Wildman–Crippen LogP) is 6.02. The third-order valence-corrected chi connectivity index (χ3v) is 11.0. The summed E-state index contributed by atoms with van der Waals surface area (Å²) in [4.78, 5) is 65.5. The summed E-state index contributed by atoms with van der Waals surface area (Å²) in [6.07, 6.45) is -1.50. The van der Waals surface area contributed by atoms with Gasteiger partial charge in [-0.1, -0.05) is 61.5 Å². The van der Waals surface area contributed by atoms with Crippen LogP contribution in [0.25, 0.3) is 0 Å². The highest BCUT2D eigenvalue weighted by atomic mass is 16.6. The molecule has 0 amide bonds. The average molecular weight is 693 g/mol. The lowest BCUT2D eigenvalue weighted by Gasteiger charge is -2.58. The molecule has 3 rings (SSSR count). The molecule has 0 aliphatic heterocycles. The van der Waals surface area contributed by atoms with E-state index >= 15 is 0 Å². The van der Waals surface area contributed by atoms with Gasteiger partial charge in [-0.05, 0) is 62.4 Å². The number of ether oxygens (including phenoxy) is 5. The molecule has 11 heteroatoms. The molecule has 0 saturated heterocycles. The van der Waals surface area contributed by atoms with Crippen LogP contribution in [-0.4, -0.2) is 71.6 Å². The van der Waals surface area contributed by atoms with Gasteiger partial charge >= 0.3 is 29.8 Å². The lowest BCUT2D eigenvalue weighted by Crippen LogP contribution is -2.63. The Hall–Kier alpha value is -2.95. The summed E-state index contributed by atoms with van der Waals surface area (Å²) in [5, 5.41) is 12.0. The summed E-state index contributed by atoms with van der Waals surface area (Å²) in [5.41, 5.74) is -1.55. The highest BCUT2D eigenvalue weighted by molar-refractivity contribution is 5.72. The van der Waals surface area contributed by atoms with Crippen LogP contribution >= 0.6 is 0 Å². The van der Waals surface area contributed by atoms with Crippen LogP contribution in [-0.2, 0) is 47.7 Å². The van der Waals surface area contributed by atoms with Crippen molar-refractivity contribution in [3.63, 3.8) is 0 Å². The van der Waals surface area contributed by atoms with Crippen molar-refractivity contribution >= 4 is 29.8 Å². The van der Waals surface area contributed by atoms with Gasteiger partial charge in [0.1, 0.15) is 30.5 Å². The molecule has 0 aromatic rings. The number of aliphatic hydroxyl groups is 1. The molecule has 278 valence electrons. The monoisotopic (exact) mass is 692 g/mol. The van der Waals surface area contributed by atoms with Gasteiger partial charge in [0.25, 0.3) is 0 Å². The third-order valence-electron chi connectivity index (χ3n) is 11.0. The van der Waals surface area contributed by atoms with Crippen LogP contribution in [0.5, 0.6) is 0 Å². The summed E-state index contributed by atoms with van der Waals surface area (Å²) in [6.45, 7) is 18.4. The summed E-state index contributed by atoms with van der Waals surface area (Å²) < 4.78 is 30.8. The van der Waals surface area contributed by atoms with Crippen LogP contribution in [0.1, 0.15) is 127 Å². The minimum atomic E-state index is -1.43. The van der Waals surface area contributed by atoms with E-state index < -0.39 is 95.1 Å². The molecule has 0 spiro atoms. The molecular formula is C38H60O11. The third kappa shape index (κ3) is 8.34. The zero-order valence-corrected chi connectivity index (χ0v) is 31.2. The Morgan fingerprint density at radius 2 is 1.24 bits per heavy atom. The highest BCUT2D eigenvalue weighted by Crippen LogP contribution is 2.67. The van der Waals surface area contributed by atoms with Gasteiger partial charge in [0.2, 0.25) is 0 Å². The summed E-state index contributed by atoms with van der Waals surface area (Å²) in [5.74, 6) is -3.86. The lowest BCUT2D eigenvalue weighted by atomic mass is 9.49. The van der Waals surface area contributed by atoms with Gasteiger partial charge < -0.3 is 28.8 Å². The Kier molecular flexibility index (Phi) is 13.9. The first kappa shape index (κ1) is 40.5. The van der Waals surface area contributed by atoms with Crippen LogP contribution in [0, 0.1) is 34.5 Å². The van der Waals surface area contributed by atoms with E-state index in [0.29, 0.717) is 31.3 Å². The van der Waals surface area contributed by atoms with E-state index in [9.17, 15) is 29.1 Å². The molecule has 0 aromatic heterocycles. The average Bonchev–Trinajstić information content (AvgIpc) is 3.21. The van der Waals surface area contributed by atoms with Crippen LogP contribution in [0.2, 0.25) is 0 Å². The quantitative estimate of drug-likeness (QED) is 0.129. The fraction of sp³-hybridized carbons (Fsp3) is 0.816. The minimum absolute atomic E-state index is 0.111. The van der Waals surface area contributed by atoms with Crippen molar-refractivity contribution in [3.8, 4) is 0 Å². The maximum Gasteiger partial charge on any atom is 0.306 e. The maximum absolute atomic E-state index is 13.4. The van der Waals surface area contributed by atoms with Crippen molar-refractivity contribution in [3.05, 3.63) is 11.6 Å². The van der Waals surface area contributed by atoms with E-state index in [2.05, 4.69) is 0 Å². The van der Waals surface area contributed by atoms with Crippen molar-refractivity contribution in [2.24, 2.45) is 34.5 Å². The Morgan fingerprint density at radius 1 is 0.776 bits per heavy atom. The maximum atomic E-state index is 13.4. The molecule has 3 aliphatic rings. The Balaban J connectivity index is 2.40. The number of fused-ring (bicyclic) bond motifs is 3. The zero-order chi connectivity index (χ0) is 36.8. The van der Waals surface area contributed by atoms with E-state index in [1.165, 1.54) is 6.92 Å². The summed E-state index contributed by atoms with van der Waals surface area (Å²) in [7, 11) is 0. The Labute approximate surface area is 292 Å². The largest absolute Gasteiger partial charge is 0.462 e. The van der Waals surface area contributed by atoms with E-state index in [1.807, 2.05) is 61.5 Å². The lowest BCUT2D eigenvalue weighted by molar-refractivity contribution is -0.224. The molecule has 0 aromatic carbocycles. The first-order chi connectivity index (χ1) is 23.0. The molecule has 11 atom stereocenters. The number of carbonyl (C=O) groups excluding carboxylic acids is 5. The fourth-order valence-electron chi connectivity index (χ4n) is 8.84. The second kappa shape index (κ2) is 16.8. The number of hydrogen-bond donors (Lipinski definition) is 1. The molecule has 2 saturated carbocycles. The molecule has 49 heavy (non-hydrogen) atoms. The van der Waals surface area contributed by atoms with Crippen LogP contribution in [0.4, 0.5) is 0 Å². The number of rotatable bonds is 14. The zero-order valence-electron chi connectivity index (χ0n) is 31.2. The molecule has 0 heterocycles. The van der Waals surface area contributed by atoms with Crippen molar-refractivity contribution in [1.82, 2.24) is 0 Å². The van der Waals surface area contributed by atoms with Gasteiger partial charge in [-0.25, -0.2) is 0 Å². The van der Waals surface area contributed by atoms with Crippen LogP contribution in [0.3, 0.4) is 0 Å². The molecule has 2 fully saturated rings. The SMILES string of the molecule is CCCC(=O)O[C@@H]1[C@H](C(C)C)[C@H]2[C@@H]3C=C(C)[C@H](OC(C)=O)[C@H](O)[C@@H](OC(=O)CCC)[C@]3(C)C[C@H](OC(=O)CCC)[C@]2(C)[C@H]1OC(=O)CCC. The molecule has 3 aliphatic carbocycles. The normalized spacial score (nSPS) is 35.3. The van der Waals surface area contributed by atoms with Crippen LogP contribution < -0.4 is 0 Å². The second-order valence-corrected chi connectivity index (χ2v) is 15.1. The first-order valence-corrected chi connectivity index (χ1v) is 18.3. The Bertz CT molecular complexity index is 1240. The van der Waals surface area contributed by atoms with Crippen molar-refractivity contribution in [2.45, 2.75) is 164 Å². The van der Waals surface area contributed by atoms with Crippen LogP contribution in [0.15, 0.2) is 11.6 Å². The molecular weight excluding hydrogens is 632 g/mol. The molecule has 11 nitrogen and oxygen atoms in total. The summed E-state index contributed by atoms with van der Waals surface area (Å²) >= 11 is 0. The number of aliphatic hydroxyl groups excluding tert-OH is 1. The Morgan fingerprint density at radius 3 is 1.71 bits per heavy atom. The van der Waals surface area contributed by atoms with Crippen molar-refractivity contribution in [1.29, 1.82) is 0 Å². The number of esters is 5.